The van der Waals surface area contributed by atoms with E-state index in [1.807, 2.05) is 0 Å². The molecule has 0 radical (unpaired) electrons. The van der Waals surface area contributed by atoms with Crippen molar-refractivity contribution >= 4 is 0 Å². The summed E-state index contributed by atoms with van der Waals surface area (Å²) in [6.07, 6.45) is 4.30. The average Bonchev–Trinajstić information content (AvgIpc) is 2.47. The van der Waals surface area contributed by atoms with Crippen molar-refractivity contribution < 1.29 is 8.78 Å². The molecule has 3 rings (SSSR count). The Labute approximate surface area is 83.5 Å². The van der Waals surface area contributed by atoms with E-state index in [0.717, 1.165) is 25.8 Å². The molecule has 2 atom stereocenters. The summed E-state index contributed by atoms with van der Waals surface area (Å²) < 4.78 is 26.6. The Morgan fingerprint density at radius 3 is 2.50 bits per heavy atom. The smallest absolute Gasteiger partial charge is 0.255 e. The summed E-state index contributed by atoms with van der Waals surface area (Å²) in [4.78, 5) is 2.34. The van der Waals surface area contributed by atoms with Gasteiger partial charge in [-0.2, -0.15) is 0 Å². The van der Waals surface area contributed by atoms with Crippen molar-refractivity contribution in [3.05, 3.63) is 0 Å². The summed E-state index contributed by atoms with van der Waals surface area (Å²) in [6.45, 7) is 3.86. The van der Waals surface area contributed by atoms with E-state index in [4.69, 9.17) is 0 Å². The summed E-state index contributed by atoms with van der Waals surface area (Å²) in [5, 5.41) is 0. The fraction of sp³-hybridized carbons (Fsp3) is 1.00. The van der Waals surface area contributed by atoms with Crippen LogP contribution in [0.15, 0.2) is 0 Å². The lowest BCUT2D eigenvalue weighted by Gasteiger charge is -2.30. The van der Waals surface area contributed by atoms with Crippen LogP contribution in [0.1, 0.15) is 39.0 Å². The Morgan fingerprint density at radius 2 is 2.00 bits per heavy atom. The highest BCUT2D eigenvalue weighted by molar-refractivity contribution is 5.21. The normalized spacial score (nSPS) is 49.9. The van der Waals surface area contributed by atoms with E-state index in [9.17, 15) is 8.78 Å². The van der Waals surface area contributed by atoms with Crippen molar-refractivity contribution in [1.82, 2.24) is 4.90 Å². The largest absolute Gasteiger partial charge is 0.297 e. The summed E-state index contributed by atoms with van der Waals surface area (Å²) in [5.41, 5.74) is -0.455. The highest BCUT2D eigenvalue weighted by atomic mass is 19.3. The maximum Gasteiger partial charge on any atom is 0.255 e. The van der Waals surface area contributed by atoms with Crippen LogP contribution in [0.25, 0.3) is 0 Å². The molecule has 0 aromatic carbocycles. The Bertz CT molecular complexity index is 278. The van der Waals surface area contributed by atoms with Crippen molar-refractivity contribution in [3.8, 4) is 0 Å². The third kappa shape index (κ3) is 0.873. The summed E-state index contributed by atoms with van der Waals surface area (Å²) >= 11 is 0. The van der Waals surface area contributed by atoms with Crippen molar-refractivity contribution in [1.29, 1.82) is 0 Å². The fourth-order valence-electron chi connectivity index (χ4n) is 3.76. The predicted molar refractivity (Wildman–Crippen MR) is 50.4 cm³/mol. The molecule has 1 aliphatic carbocycles. The third-order valence-electron chi connectivity index (χ3n) is 4.77. The average molecular weight is 201 g/mol. The summed E-state index contributed by atoms with van der Waals surface area (Å²) in [5.74, 6) is -2.35. The molecule has 0 bridgehead atoms. The van der Waals surface area contributed by atoms with Gasteiger partial charge in [0, 0.05) is 18.5 Å². The molecular weight excluding hydrogens is 184 g/mol. The topological polar surface area (TPSA) is 3.24 Å². The Hall–Kier alpha value is -0.180. The van der Waals surface area contributed by atoms with Crippen LogP contribution in [-0.2, 0) is 0 Å². The van der Waals surface area contributed by atoms with E-state index in [2.05, 4.69) is 11.8 Å². The van der Waals surface area contributed by atoms with Gasteiger partial charge >= 0.3 is 0 Å². The van der Waals surface area contributed by atoms with Crippen molar-refractivity contribution in [2.24, 2.45) is 5.41 Å². The first-order valence-electron chi connectivity index (χ1n) is 5.67. The van der Waals surface area contributed by atoms with Gasteiger partial charge < -0.3 is 0 Å². The van der Waals surface area contributed by atoms with E-state index in [1.54, 1.807) is 0 Å². The summed E-state index contributed by atoms with van der Waals surface area (Å²) in [6, 6.07) is 0. The van der Waals surface area contributed by atoms with Crippen LogP contribution in [0.4, 0.5) is 8.78 Å². The first-order chi connectivity index (χ1) is 6.54. The minimum absolute atomic E-state index is 0.151. The molecule has 2 aliphatic heterocycles. The SMILES string of the molecule is CC[C@@]12CCCN1CC1(CC1(F)F)C2. The zero-order chi connectivity index (χ0) is 10.0. The molecule has 0 aromatic heterocycles. The second-order valence-electron chi connectivity index (χ2n) is 5.44. The second-order valence-corrected chi connectivity index (χ2v) is 5.44. The predicted octanol–water partition coefficient (Wildman–Crippen LogP) is 2.66. The van der Waals surface area contributed by atoms with Crippen LogP contribution in [-0.4, -0.2) is 29.5 Å². The molecule has 1 spiro atoms. The number of rotatable bonds is 1. The first-order valence-corrected chi connectivity index (χ1v) is 5.67. The molecule has 1 nitrogen and oxygen atoms in total. The molecule has 0 amide bonds. The van der Waals surface area contributed by atoms with Crippen molar-refractivity contribution in [2.45, 2.75) is 50.5 Å². The molecule has 0 aromatic rings. The minimum Gasteiger partial charge on any atom is -0.297 e. The molecule has 2 heterocycles. The van der Waals surface area contributed by atoms with E-state index in [1.165, 1.54) is 6.42 Å². The van der Waals surface area contributed by atoms with Gasteiger partial charge in [0.25, 0.3) is 5.92 Å². The Kier molecular flexibility index (Phi) is 1.50. The first kappa shape index (κ1) is 9.08. The molecule has 14 heavy (non-hydrogen) atoms. The molecular formula is C11H17F2N. The van der Waals surface area contributed by atoms with Crippen LogP contribution in [0.5, 0.6) is 0 Å². The van der Waals surface area contributed by atoms with Crippen molar-refractivity contribution in [3.63, 3.8) is 0 Å². The maximum absolute atomic E-state index is 13.3. The van der Waals surface area contributed by atoms with Crippen LogP contribution in [0, 0.1) is 5.41 Å². The van der Waals surface area contributed by atoms with Crippen molar-refractivity contribution in [2.75, 3.05) is 13.1 Å². The maximum atomic E-state index is 13.3. The lowest BCUT2D eigenvalue weighted by Crippen LogP contribution is -2.37. The standard InChI is InChI=1S/C11H17F2N/c1-2-10-4-3-5-14(10)8-9(6-10)7-11(9,12)13/h2-8H2,1H3/t9?,10-/m0/s1. The van der Waals surface area contributed by atoms with E-state index >= 15 is 0 Å². The lowest BCUT2D eigenvalue weighted by molar-refractivity contribution is 0.0656. The quantitative estimate of drug-likeness (QED) is 0.630. The van der Waals surface area contributed by atoms with E-state index in [-0.39, 0.29) is 12.0 Å². The number of hydrogen-bond donors (Lipinski definition) is 0. The van der Waals surface area contributed by atoms with Crippen LogP contribution < -0.4 is 0 Å². The molecule has 1 unspecified atom stereocenters. The number of nitrogens with zero attached hydrogens (tertiary/aromatic N) is 1. The number of alkyl halides is 2. The van der Waals surface area contributed by atoms with Gasteiger partial charge in [0.1, 0.15) is 0 Å². The molecule has 3 aliphatic rings. The molecule has 3 fully saturated rings. The highest BCUT2D eigenvalue weighted by Crippen LogP contribution is 2.69. The zero-order valence-electron chi connectivity index (χ0n) is 8.65. The van der Waals surface area contributed by atoms with Gasteiger partial charge in [0.2, 0.25) is 0 Å². The van der Waals surface area contributed by atoms with E-state index < -0.39 is 11.3 Å². The van der Waals surface area contributed by atoms with Crippen LogP contribution in [0.2, 0.25) is 0 Å². The minimum atomic E-state index is -2.35. The van der Waals surface area contributed by atoms with Gasteiger partial charge in [-0.25, -0.2) is 8.78 Å². The monoisotopic (exact) mass is 201 g/mol. The van der Waals surface area contributed by atoms with Gasteiger partial charge in [0.15, 0.2) is 0 Å². The van der Waals surface area contributed by atoms with Gasteiger partial charge in [-0.15, -0.1) is 0 Å². The number of fused-ring (bicyclic) bond motifs is 1. The van der Waals surface area contributed by atoms with Crippen LogP contribution in [0.3, 0.4) is 0 Å². The highest BCUT2D eigenvalue weighted by Gasteiger charge is 2.76. The Balaban J connectivity index is 1.87. The van der Waals surface area contributed by atoms with E-state index in [0.29, 0.717) is 6.54 Å². The van der Waals surface area contributed by atoms with Gasteiger partial charge in [-0.1, -0.05) is 6.92 Å². The number of halogens is 2. The van der Waals surface area contributed by atoms with Gasteiger partial charge in [0.05, 0.1) is 5.41 Å². The van der Waals surface area contributed by atoms with Gasteiger partial charge in [-0.3, -0.25) is 4.90 Å². The summed E-state index contributed by atoms with van der Waals surface area (Å²) in [7, 11) is 0. The fourth-order valence-corrected chi connectivity index (χ4v) is 3.76. The molecule has 2 saturated heterocycles. The molecule has 0 N–H and O–H groups in total. The molecule has 80 valence electrons. The lowest BCUT2D eigenvalue weighted by atomic mass is 9.86. The third-order valence-corrected chi connectivity index (χ3v) is 4.77. The molecule has 1 saturated carbocycles. The molecule has 3 heteroatoms. The number of hydrogen-bond acceptors (Lipinski definition) is 1. The Morgan fingerprint density at radius 1 is 1.29 bits per heavy atom. The zero-order valence-corrected chi connectivity index (χ0v) is 8.65. The van der Waals surface area contributed by atoms with Gasteiger partial charge in [-0.05, 0) is 32.2 Å². The second kappa shape index (κ2) is 2.31. The van der Waals surface area contributed by atoms with Crippen LogP contribution >= 0.6 is 0 Å².